The van der Waals surface area contributed by atoms with Crippen LogP contribution in [0.15, 0.2) is 24.3 Å². The van der Waals surface area contributed by atoms with E-state index in [1.807, 2.05) is 31.2 Å². The monoisotopic (exact) mass is 241 g/mol. The molecule has 0 spiro atoms. The van der Waals surface area contributed by atoms with Gasteiger partial charge in [0.15, 0.2) is 0 Å². The van der Waals surface area contributed by atoms with Crippen LogP contribution in [-0.4, -0.2) is 17.8 Å². The number of benzene rings is 1. The minimum absolute atomic E-state index is 0.241. The van der Waals surface area contributed by atoms with Crippen LogP contribution in [0.1, 0.15) is 38.3 Å². The fraction of sp³-hybridized carbons (Fsp3) is 0.538. The summed E-state index contributed by atoms with van der Waals surface area (Å²) in [6.45, 7) is 4.79. The zero-order valence-corrected chi connectivity index (χ0v) is 10.7. The molecular weight excluding hydrogens is 222 g/mol. The fourth-order valence-electron chi connectivity index (χ4n) is 1.66. The molecule has 0 radical (unpaired) electrons. The Kier molecular flexibility index (Phi) is 5.81. The summed E-state index contributed by atoms with van der Waals surface area (Å²) < 4.78 is 0. The molecule has 0 saturated carbocycles. The van der Waals surface area contributed by atoms with Gasteiger partial charge in [-0.2, -0.15) is 0 Å². The topological polar surface area (TPSA) is 32.3 Å². The maximum Gasteiger partial charge on any atom is 0.0524 e. The smallest absolute Gasteiger partial charge is 0.0524 e. The SMILES string of the molecule is CCC(NCCC(C)O)c1ccc(Cl)cc1. The lowest BCUT2D eigenvalue weighted by molar-refractivity contribution is 0.182. The van der Waals surface area contributed by atoms with E-state index in [-0.39, 0.29) is 6.10 Å². The zero-order valence-electron chi connectivity index (χ0n) is 9.91. The van der Waals surface area contributed by atoms with Crippen molar-refractivity contribution in [2.24, 2.45) is 0 Å². The summed E-state index contributed by atoms with van der Waals surface area (Å²) in [5.41, 5.74) is 1.25. The van der Waals surface area contributed by atoms with Crippen LogP contribution in [0.5, 0.6) is 0 Å². The Morgan fingerprint density at radius 2 is 1.94 bits per heavy atom. The Morgan fingerprint density at radius 1 is 1.31 bits per heavy atom. The molecule has 0 aromatic heterocycles. The van der Waals surface area contributed by atoms with Crippen molar-refractivity contribution >= 4 is 11.6 Å². The molecule has 1 aromatic rings. The van der Waals surface area contributed by atoms with Gasteiger partial charge in [0.1, 0.15) is 0 Å². The van der Waals surface area contributed by atoms with Crippen molar-refractivity contribution in [1.82, 2.24) is 5.32 Å². The van der Waals surface area contributed by atoms with Crippen molar-refractivity contribution in [3.05, 3.63) is 34.9 Å². The summed E-state index contributed by atoms with van der Waals surface area (Å²) >= 11 is 5.85. The van der Waals surface area contributed by atoms with E-state index < -0.39 is 0 Å². The highest BCUT2D eigenvalue weighted by molar-refractivity contribution is 6.30. The third-order valence-electron chi connectivity index (χ3n) is 2.63. The summed E-state index contributed by atoms with van der Waals surface area (Å²) in [4.78, 5) is 0. The van der Waals surface area contributed by atoms with E-state index in [1.54, 1.807) is 0 Å². The van der Waals surface area contributed by atoms with Crippen LogP contribution >= 0.6 is 11.6 Å². The van der Waals surface area contributed by atoms with Gasteiger partial charge in [-0.1, -0.05) is 30.7 Å². The highest BCUT2D eigenvalue weighted by atomic mass is 35.5. The van der Waals surface area contributed by atoms with Gasteiger partial charge < -0.3 is 10.4 Å². The predicted molar refractivity (Wildman–Crippen MR) is 68.8 cm³/mol. The van der Waals surface area contributed by atoms with E-state index in [0.717, 1.165) is 24.4 Å². The molecular formula is C13H20ClNO. The minimum Gasteiger partial charge on any atom is -0.393 e. The first-order chi connectivity index (χ1) is 7.63. The molecule has 0 amide bonds. The first-order valence-corrected chi connectivity index (χ1v) is 6.18. The van der Waals surface area contributed by atoms with Gasteiger partial charge in [-0.25, -0.2) is 0 Å². The lowest BCUT2D eigenvalue weighted by Gasteiger charge is -2.18. The first kappa shape index (κ1) is 13.5. The molecule has 1 aromatic carbocycles. The zero-order chi connectivity index (χ0) is 12.0. The van der Waals surface area contributed by atoms with Crippen LogP contribution < -0.4 is 5.32 Å². The van der Waals surface area contributed by atoms with Crippen molar-refractivity contribution in [3.8, 4) is 0 Å². The third-order valence-corrected chi connectivity index (χ3v) is 2.89. The van der Waals surface area contributed by atoms with E-state index >= 15 is 0 Å². The van der Waals surface area contributed by atoms with Crippen LogP contribution in [-0.2, 0) is 0 Å². The van der Waals surface area contributed by atoms with Gasteiger partial charge in [0, 0.05) is 11.1 Å². The second-order valence-electron chi connectivity index (χ2n) is 4.10. The lowest BCUT2D eigenvalue weighted by Crippen LogP contribution is -2.24. The number of rotatable bonds is 6. The number of halogens is 1. The molecule has 0 aliphatic heterocycles. The Hall–Kier alpha value is -0.570. The standard InChI is InChI=1S/C13H20ClNO/c1-3-13(15-9-8-10(2)16)11-4-6-12(14)7-5-11/h4-7,10,13,15-16H,3,8-9H2,1-2H3. The normalized spacial score (nSPS) is 14.8. The summed E-state index contributed by atoms with van der Waals surface area (Å²) in [6, 6.07) is 8.26. The Morgan fingerprint density at radius 3 is 2.44 bits per heavy atom. The molecule has 0 bridgehead atoms. The van der Waals surface area contributed by atoms with Gasteiger partial charge in [0.2, 0.25) is 0 Å². The van der Waals surface area contributed by atoms with Gasteiger partial charge in [-0.05, 0) is 44.0 Å². The maximum atomic E-state index is 9.19. The molecule has 0 saturated heterocycles. The Balaban J connectivity index is 2.50. The van der Waals surface area contributed by atoms with Gasteiger partial charge in [-0.3, -0.25) is 0 Å². The number of aliphatic hydroxyl groups excluding tert-OH is 1. The van der Waals surface area contributed by atoms with E-state index in [4.69, 9.17) is 11.6 Å². The Bertz CT molecular complexity index is 297. The molecule has 1 rings (SSSR count). The molecule has 2 atom stereocenters. The quantitative estimate of drug-likeness (QED) is 0.802. The molecule has 0 fully saturated rings. The van der Waals surface area contributed by atoms with Crippen LogP contribution in [0.25, 0.3) is 0 Å². The molecule has 90 valence electrons. The van der Waals surface area contributed by atoms with Crippen LogP contribution in [0, 0.1) is 0 Å². The molecule has 2 unspecified atom stereocenters. The molecule has 16 heavy (non-hydrogen) atoms. The summed E-state index contributed by atoms with van der Waals surface area (Å²) in [5.74, 6) is 0. The lowest BCUT2D eigenvalue weighted by atomic mass is 10.0. The second-order valence-corrected chi connectivity index (χ2v) is 4.54. The number of hydrogen-bond acceptors (Lipinski definition) is 2. The second kappa shape index (κ2) is 6.89. The summed E-state index contributed by atoms with van der Waals surface area (Å²) in [6.07, 6.45) is 1.57. The highest BCUT2D eigenvalue weighted by Crippen LogP contribution is 2.18. The molecule has 0 aliphatic carbocycles. The van der Waals surface area contributed by atoms with Gasteiger partial charge in [-0.15, -0.1) is 0 Å². The number of hydrogen-bond donors (Lipinski definition) is 2. The van der Waals surface area contributed by atoms with Gasteiger partial charge in [0.05, 0.1) is 6.10 Å². The van der Waals surface area contributed by atoms with Crippen molar-refractivity contribution in [2.45, 2.75) is 38.8 Å². The maximum absolute atomic E-state index is 9.19. The molecule has 0 heterocycles. The van der Waals surface area contributed by atoms with E-state index in [1.165, 1.54) is 5.56 Å². The highest BCUT2D eigenvalue weighted by Gasteiger charge is 2.08. The van der Waals surface area contributed by atoms with Gasteiger partial charge >= 0.3 is 0 Å². The van der Waals surface area contributed by atoms with Crippen molar-refractivity contribution in [2.75, 3.05) is 6.54 Å². The predicted octanol–water partition coefficient (Wildman–Crippen LogP) is 3.15. The van der Waals surface area contributed by atoms with Crippen molar-refractivity contribution in [1.29, 1.82) is 0 Å². The van der Waals surface area contributed by atoms with Crippen LogP contribution in [0.2, 0.25) is 5.02 Å². The molecule has 2 nitrogen and oxygen atoms in total. The Labute approximate surface area is 103 Å². The first-order valence-electron chi connectivity index (χ1n) is 5.80. The van der Waals surface area contributed by atoms with E-state index in [2.05, 4.69) is 12.2 Å². The van der Waals surface area contributed by atoms with Crippen molar-refractivity contribution in [3.63, 3.8) is 0 Å². The van der Waals surface area contributed by atoms with Crippen LogP contribution in [0.3, 0.4) is 0 Å². The van der Waals surface area contributed by atoms with Gasteiger partial charge in [0.25, 0.3) is 0 Å². The minimum atomic E-state index is -0.241. The van der Waals surface area contributed by atoms with E-state index in [9.17, 15) is 5.11 Å². The molecule has 3 heteroatoms. The summed E-state index contributed by atoms with van der Waals surface area (Å²) in [7, 11) is 0. The molecule has 2 N–H and O–H groups in total. The third kappa shape index (κ3) is 4.52. The largest absolute Gasteiger partial charge is 0.393 e. The van der Waals surface area contributed by atoms with Crippen LogP contribution in [0.4, 0.5) is 0 Å². The van der Waals surface area contributed by atoms with E-state index in [0.29, 0.717) is 6.04 Å². The average Bonchev–Trinajstić information content (AvgIpc) is 2.26. The average molecular weight is 242 g/mol. The summed E-state index contributed by atoms with van der Waals surface area (Å²) in [5, 5.41) is 13.4. The number of nitrogens with one attached hydrogen (secondary N) is 1. The molecule has 0 aliphatic rings. The number of aliphatic hydroxyl groups is 1. The fourth-order valence-corrected chi connectivity index (χ4v) is 1.79. The van der Waals surface area contributed by atoms with Crippen molar-refractivity contribution < 1.29 is 5.11 Å².